The summed E-state index contributed by atoms with van der Waals surface area (Å²) in [6.07, 6.45) is 8.37. The molecule has 0 aliphatic carbocycles. The molecule has 0 spiro atoms. The highest BCUT2D eigenvalue weighted by Gasteiger charge is 2.18. The highest BCUT2D eigenvalue weighted by atomic mass is 16.1. The van der Waals surface area contributed by atoms with Gasteiger partial charge in [-0.15, -0.1) is 0 Å². The lowest BCUT2D eigenvalue weighted by atomic mass is 9.99. The molecule has 2 aromatic carbocycles. The maximum absolute atomic E-state index is 12.7. The molecule has 0 bridgehead atoms. The number of nitrogens with one attached hydrogen (secondary N) is 2. The van der Waals surface area contributed by atoms with Crippen molar-refractivity contribution in [3.8, 4) is 11.1 Å². The standard InChI is InChI=1S/C25H24N6O/c26-19-11-18(13-29-14-19)17-6-9-23(27)22(12-17)24(28)25(32)31-21-8-7-20(30-15-21)10-16-4-2-1-3-5-16/h1-6,8-9,11-15,20,28H,7,10,26-27H2,(H,31,32). The molecule has 32 heavy (non-hydrogen) atoms. The van der Waals surface area contributed by atoms with Gasteiger partial charge < -0.3 is 16.8 Å². The van der Waals surface area contributed by atoms with Crippen LogP contribution in [0.15, 0.2) is 83.8 Å². The minimum absolute atomic E-state index is 0.136. The Labute approximate surface area is 186 Å². The first kappa shape index (κ1) is 21.0. The Balaban J connectivity index is 1.43. The zero-order valence-electron chi connectivity index (χ0n) is 17.5. The van der Waals surface area contributed by atoms with Crippen molar-refractivity contribution in [2.75, 3.05) is 11.5 Å². The third kappa shape index (κ3) is 4.89. The van der Waals surface area contributed by atoms with Crippen LogP contribution < -0.4 is 16.8 Å². The van der Waals surface area contributed by atoms with Gasteiger partial charge in [-0.25, -0.2) is 0 Å². The molecular formula is C25H24N6O. The van der Waals surface area contributed by atoms with Crippen LogP contribution in [0.4, 0.5) is 11.4 Å². The summed E-state index contributed by atoms with van der Waals surface area (Å²) in [5.74, 6) is -0.543. The third-order valence-corrected chi connectivity index (χ3v) is 5.25. The normalized spacial score (nSPS) is 15.1. The summed E-state index contributed by atoms with van der Waals surface area (Å²) in [4.78, 5) is 21.4. The minimum atomic E-state index is -0.543. The lowest BCUT2D eigenvalue weighted by Crippen LogP contribution is -2.32. The summed E-state index contributed by atoms with van der Waals surface area (Å²) in [7, 11) is 0. The van der Waals surface area contributed by atoms with Crippen LogP contribution >= 0.6 is 0 Å². The van der Waals surface area contributed by atoms with Crippen LogP contribution in [0.1, 0.15) is 17.5 Å². The van der Waals surface area contributed by atoms with Crippen molar-refractivity contribution in [3.63, 3.8) is 0 Å². The summed E-state index contributed by atoms with van der Waals surface area (Å²) >= 11 is 0. The summed E-state index contributed by atoms with van der Waals surface area (Å²) < 4.78 is 0. The first-order valence-corrected chi connectivity index (χ1v) is 10.3. The van der Waals surface area contributed by atoms with E-state index in [4.69, 9.17) is 16.9 Å². The summed E-state index contributed by atoms with van der Waals surface area (Å²) in [5, 5.41) is 11.1. The molecule has 1 unspecified atom stereocenters. The highest BCUT2D eigenvalue weighted by molar-refractivity contribution is 6.45. The Morgan fingerprint density at radius 1 is 1.06 bits per heavy atom. The summed E-state index contributed by atoms with van der Waals surface area (Å²) in [6, 6.07) is 17.3. The van der Waals surface area contributed by atoms with Crippen LogP contribution in [0, 0.1) is 5.41 Å². The monoisotopic (exact) mass is 424 g/mol. The average Bonchev–Trinajstić information content (AvgIpc) is 2.81. The molecule has 1 atom stereocenters. The molecule has 7 nitrogen and oxygen atoms in total. The van der Waals surface area contributed by atoms with E-state index in [0.29, 0.717) is 29.1 Å². The molecule has 2 heterocycles. The predicted octanol–water partition coefficient (Wildman–Crippen LogP) is 3.37. The summed E-state index contributed by atoms with van der Waals surface area (Å²) in [6.45, 7) is 0. The second kappa shape index (κ2) is 9.26. The number of amides is 1. The number of carbonyl (C=O) groups is 1. The minimum Gasteiger partial charge on any atom is -0.398 e. The Morgan fingerprint density at radius 3 is 2.59 bits per heavy atom. The van der Waals surface area contributed by atoms with E-state index in [1.165, 1.54) is 5.56 Å². The molecule has 1 aromatic heterocycles. The van der Waals surface area contributed by atoms with Gasteiger partial charge in [0.15, 0.2) is 0 Å². The van der Waals surface area contributed by atoms with Crippen molar-refractivity contribution < 1.29 is 4.79 Å². The number of hydrogen-bond donors (Lipinski definition) is 4. The van der Waals surface area contributed by atoms with E-state index in [0.717, 1.165) is 17.5 Å². The van der Waals surface area contributed by atoms with Gasteiger partial charge in [0.2, 0.25) is 0 Å². The molecule has 160 valence electrons. The van der Waals surface area contributed by atoms with E-state index in [-0.39, 0.29) is 11.8 Å². The number of benzene rings is 2. The van der Waals surface area contributed by atoms with Crippen molar-refractivity contribution in [2.24, 2.45) is 4.99 Å². The van der Waals surface area contributed by atoms with Crippen molar-refractivity contribution in [1.29, 1.82) is 5.41 Å². The maximum Gasteiger partial charge on any atom is 0.274 e. The predicted molar refractivity (Wildman–Crippen MR) is 129 cm³/mol. The maximum atomic E-state index is 12.7. The number of hydrogen-bond acceptors (Lipinski definition) is 6. The number of nitrogens with two attached hydrogens (primary N) is 2. The quantitative estimate of drug-likeness (QED) is 0.357. The first-order valence-electron chi connectivity index (χ1n) is 10.3. The number of carbonyl (C=O) groups excluding carboxylic acids is 1. The Morgan fingerprint density at radius 2 is 1.88 bits per heavy atom. The van der Waals surface area contributed by atoms with Gasteiger partial charge in [0.05, 0.1) is 17.4 Å². The van der Waals surface area contributed by atoms with Gasteiger partial charge in [-0.05, 0) is 42.2 Å². The number of nitrogen functional groups attached to an aromatic ring is 2. The van der Waals surface area contributed by atoms with E-state index in [9.17, 15) is 4.79 Å². The van der Waals surface area contributed by atoms with Gasteiger partial charge in [0.1, 0.15) is 5.71 Å². The molecule has 1 amide bonds. The number of pyridine rings is 1. The Kier molecular flexibility index (Phi) is 6.07. The number of rotatable bonds is 6. The highest BCUT2D eigenvalue weighted by Crippen LogP contribution is 2.25. The topological polar surface area (TPSA) is 130 Å². The summed E-state index contributed by atoms with van der Waals surface area (Å²) in [5.41, 5.74) is 16.2. The molecule has 0 radical (unpaired) electrons. The van der Waals surface area contributed by atoms with Crippen LogP contribution in [0.5, 0.6) is 0 Å². The molecule has 0 saturated carbocycles. The Hall–Kier alpha value is -4.26. The SMILES string of the molecule is N=C(C(=O)NC1=CCC(Cc2ccccc2)N=C1)c1cc(-c2cncc(N)c2)ccc1N. The van der Waals surface area contributed by atoms with E-state index >= 15 is 0 Å². The molecule has 3 aromatic rings. The number of dihydropyridines is 1. The first-order chi connectivity index (χ1) is 15.5. The van der Waals surface area contributed by atoms with E-state index in [1.54, 1.807) is 36.8 Å². The van der Waals surface area contributed by atoms with Crippen LogP contribution in [0.3, 0.4) is 0 Å². The average molecular weight is 425 g/mol. The van der Waals surface area contributed by atoms with Crippen LogP contribution in [0.2, 0.25) is 0 Å². The molecule has 7 heteroatoms. The number of nitrogens with zero attached hydrogens (tertiary/aromatic N) is 2. The number of aromatic nitrogens is 1. The van der Waals surface area contributed by atoms with Crippen molar-refractivity contribution >= 4 is 29.2 Å². The zero-order chi connectivity index (χ0) is 22.5. The van der Waals surface area contributed by atoms with Crippen molar-refractivity contribution in [3.05, 3.63) is 89.9 Å². The lowest BCUT2D eigenvalue weighted by Gasteiger charge is -2.17. The fraction of sp³-hybridized carbons (Fsp3) is 0.120. The number of anilines is 2. The molecule has 0 fully saturated rings. The molecule has 0 saturated heterocycles. The van der Waals surface area contributed by atoms with Gasteiger partial charge in [0.25, 0.3) is 5.91 Å². The second-order valence-corrected chi connectivity index (χ2v) is 7.65. The zero-order valence-corrected chi connectivity index (χ0v) is 17.5. The van der Waals surface area contributed by atoms with Gasteiger partial charge in [-0.2, -0.15) is 0 Å². The molecule has 1 aliphatic rings. The smallest absolute Gasteiger partial charge is 0.274 e. The Bertz CT molecular complexity index is 1220. The fourth-order valence-corrected chi connectivity index (χ4v) is 3.55. The molecular weight excluding hydrogens is 400 g/mol. The van der Waals surface area contributed by atoms with E-state index in [1.807, 2.05) is 30.3 Å². The van der Waals surface area contributed by atoms with Gasteiger partial charge >= 0.3 is 0 Å². The van der Waals surface area contributed by atoms with E-state index in [2.05, 4.69) is 27.4 Å². The van der Waals surface area contributed by atoms with Gasteiger partial charge in [0, 0.05) is 35.4 Å². The van der Waals surface area contributed by atoms with Crippen molar-refractivity contribution in [2.45, 2.75) is 18.9 Å². The van der Waals surface area contributed by atoms with Crippen molar-refractivity contribution in [1.82, 2.24) is 10.3 Å². The fourth-order valence-electron chi connectivity index (χ4n) is 3.55. The van der Waals surface area contributed by atoms with Crippen LogP contribution in [0.25, 0.3) is 11.1 Å². The van der Waals surface area contributed by atoms with Crippen LogP contribution in [-0.2, 0) is 11.2 Å². The van der Waals surface area contributed by atoms with Crippen LogP contribution in [-0.4, -0.2) is 28.9 Å². The molecule has 4 rings (SSSR count). The molecule has 1 aliphatic heterocycles. The third-order valence-electron chi connectivity index (χ3n) is 5.25. The number of allylic oxidation sites excluding steroid dienone is 1. The number of aliphatic imine (C=N–C) groups is 1. The van der Waals surface area contributed by atoms with Gasteiger partial charge in [-0.1, -0.05) is 42.5 Å². The molecule has 6 N–H and O–H groups in total. The van der Waals surface area contributed by atoms with E-state index < -0.39 is 5.91 Å². The largest absolute Gasteiger partial charge is 0.398 e. The lowest BCUT2D eigenvalue weighted by molar-refractivity contribution is -0.114. The van der Waals surface area contributed by atoms with Gasteiger partial charge in [-0.3, -0.25) is 20.2 Å². The second-order valence-electron chi connectivity index (χ2n) is 7.65.